The Balaban J connectivity index is 2.47. The second-order valence-electron chi connectivity index (χ2n) is 3.82. The van der Waals surface area contributed by atoms with Crippen LogP contribution >= 0.6 is 11.3 Å². The molecule has 5 heteroatoms. The number of benzene rings is 1. The average Bonchev–Trinajstić information content (AvgIpc) is 2.82. The minimum absolute atomic E-state index is 0.233. The maximum Gasteiger partial charge on any atom is 0.206 e. The highest BCUT2D eigenvalue weighted by Crippen LogP contribution is 2.28. The summed E-state index contributed by atoms with van der Waals surface area (Å²) in [5, 5.41) is 1.75. The van der Waals surface area contributed by atoms with E-state index in [1.54, 1.807) is 18.4 Å². The third-order valence-electron chi connectivity index (χ3n) is 2.70. The molecule has 2 N–H and O–H groups in total. The van der Waals surface area contributed by atoms with E-state index in [1.807, 2.05) is 0 Å². The van der Waals surface area contributed by atoms with Gasteiger partial charge in [-0.3, -0.25) is 4.79 Å². The van der Waals surface area contributed by atoms with Crippen molar-refractivity contribution in [3.63, 3.8) is 0 Å². The molecule has 0 amide bonds. The molecule has 3 nitrogen and oxygen atoms in total. The van der Waals surface area contributed by atoms with Crippen molar-refractivity contribution in [2.24, 2.45) is 0 Å². The smallest absolute Gasteiger partial charge is 0.206 e. The van der Waals surface area contributed by atoms with Crippen LogP contribution < -0.4 is 10.5 Å². The van der Waals surface area contributed by atoms with E-state index in [1.165, 1.54) is 30.6 Å². The summed E-state index contributed by atoms with van der Waals surface area (Å²) in [6.07, 6.45) is 0. The molecule has 0 atom stereocenters. The molecule has 1 heterocycles. The zero-order chi connectivity index (χ0) is 13.3. The predicted molar refractivity (Wildman–Crippen MR) is 69.9 cm³/mol. The summed E-state index contributed by atoms with van der Waals surface area (Å²) in [6.45, 7) is 1.57. The molecule has 0 aliphatic carbocycles. The molecule has 1 aromatic heterocycles. The maximum atomic E-state index is 13.6. The maximum absolute atomic E-state index is 13.6. The van der Waals surface area contributed by atoms with Gasteiger partial charge in [0, 0.05) is 16.8 Å². The number of ether oxygens (including phenoxy) is 1. The molecule has 94 valence electrons. The summed E-state index contributed by atoms with van der Waals surface area (Å²) in [7, 11) is 1.49. The molecule has 1 aromatic carbocycles. The molecule has 0 bridgehead atoms. The molecule has 2 aromatic rings. The molecule has 0 fully saturated rings. The Labute approximate surface area is 108 Å². The van der Waals surface area contributed by atoms with Crippen LogP contribution in [0.1, 0.15) is 20.8 Å². The lowest BCUT2D eigenvalue weighted by Crippen LogP contribution is -2.04. The normalized spacial score (nSPS) is 10.4. The van der Waals surface area contributed by atoms with Crippen molar-refractivity contribution in [2.75, 3.05) is 12.8 Å². The number of carbonyl (C=O) groups is 1. The van der Waals surface area contributed by atoms with Crippen molar-refractivity contribution in [1.29, 1.82) is 0 Å². The highest BCUT2D eigenvalue weighted by atomic mass is 32.1. The van der Waals surface area contributed by atoms with Crippen LogP contribution in [0.2, 0.25) is 0 Å². The SMILES string of the molecule is COc1ccsc1C(=O)c1cc(N)c(C)c(F)c1. The van der Waals surface area contributed by atoms with Crippen LogP contribution in [0.15, 0.2) is 23.6 Å². The molecule has 0 radical (unpaired) electrons. The van der Waals surface area contributed by atoms with Crippen molar-refractivity contribution < 1.29 is 13.9 Å². The van der Waals surface area contributed by atoms with Gasteiger partial charge in [-0.2, -0.15) is 0 Å². The minimum atomic E-state index is -0.478. The van der Waals surface area contributed by atoms with Gasteiger partial charge in [-0.05, 0) is 30.5 Å². The summed E-state index contributed by atoms with van der Waals surface area (Å²) < 4.78 is 18.6. The summed E-state index contributed by atoms with van der Waals surface area (Å²) in [4.78, 5) is 12.7. The van der Waals surface area contributed by atoms with E-state index in [-0.39, 0.29) is 17.0 Å². The monoisotopic (exact) mass is 265 g/mol. The lowest BCUT2D eigenvalue weighted by Gasteiger charge is -2.06. The highest BCUT2D eigenvalue weighted by molar-refractivity contribution is 7.12. The van der Waals surface area contributed by atoms with Crippen molar-refractivity contribution in [3.05, 3.63) is 45.4 Å². The molecule has 0 aliphatic heterocycles. The van der Waals surface area contributed by atoms with Gasteiger partial charge in [-0.25, -0.2) is 4.39 Å². The molecular formula is C13H12FNO2S. The average molecular weight is 265 g/mol. The predicted octanol–water partition coefficient (Wildman–Crippen LogP) is 3.02. The Morgan fingerprint density at radius 1 is 1.44 bits per heavy atom. The van der Waals surface area contributed by atoms with Gasteiger partial charge in [0.2, 0.25) is 5.78 Å². The van der Waals surface area contributed by atoms with Crippen LogP contribution in [0, 0.1) is 12.7 Å². The number of halogens is 1. The van der Waals surface area contributed by atoms with Crippen molar-refractivity contribution >= 4 is 22.8 Å². The first-order valence-corrected chi connectivity index (χ1v) is 6.14. The molecular weight excluding hydrogens is 253 g/mol. The van der Waals surface area contributed by atoms with Crippen LogP contribution in [0.5, 0.6) is 5.75 Å². The quantitative estimate of drug-likeness (QED) is 0.685. The fraction of sp³-hybridized carbons (Fsp3) is 0.154. The molecule has 0 saturated heterocycles. The molecule has 2 rings (SSSR count). The number of methoxy groups -OCH3 is 1. The summed E-state index contributed by atoms with van der Waals surface area (Å²) in [5.74, 6) is -0.272. The fourth-order valence-corrected chi connectivity index (χ4v) is 2.41. The molecule has 0 spiro atoms. The standard InChI is InChI=1S/C13H12FNO2S/c1-7-9(14)5-8(6-10(7)15)12(16)13-11(17-2)3-4-18-13/h3-6H,15H2,1-2H3. The summed E-state index contributed by atoms with van der Waals surface area (Å²) >= 11 is 1.26. The van der Waals surface area contributed by atoms with Crippen LogP contribution in [-0.4, -0.2) is 12.9 Å². The Hall–Kier alpha value is -1.88. The summed E-state index contributed by atoms with van der Waals surface area (Å²) in [5.41, 5.74) is 6.52. The topological polar surface area (TPSA) is 52.3 Å². The first-order chi connectivity index (χ1) is 8.54. The number of anilines is 1. The van der Waals surface area contributed by atoms with Gasteiger partial charge in [-0.15, -0.1) is 11.3 Å². The zero-order valence-corrected chi connectivity index (χ0v) is 10.8. The number of hydrogen-bond donors (Lipinski definition) is 1. The van der Waals surface area contributed by atoms with Crippen LogP contribution in [-0.2, 0) is 0 Å². The third-order valence-corrected chi connectivity index (χ3v) is 3.60. The number of rotatable bonds is 3. The minimum Gasteiger partial charge on any atom is -0.495 e. The third kappa shape index (κ3) is 2.09. The van der Waals surface area contributed by atoms with E-state index < -0.39 is 5.82 Å². The van der Waals surface area contributed by atoms with E-state index in [0.29, 0.717) is 16.2 Å². The Morgan fingerprint density at radius 2 is 2.17 bits per heavy atom. The van der Waals surface area contributed by atoms with Gasteiger partial charge in [0.25, 0.3) is 0 Å². The van der Waals surface area contributed by atoms with Crippen molar-refractivity contribution in [2.45, 2.75) is 6.92 Å². The molecule has 18 heavy (non-hydrogen) atoms. The number of nitrogens with two attached hydrogens (primary N) is 1. The van der Waals surface area contributed by atoms with Gasteiger partial charge in [0.05, 0.1) is 7.11 Å². The van der Waals surface area contributed by atoms with E-state index in [0.717, 1.165) is 0 Å². The Bertz CT molecular complexity index is 584. The van der Waals surface area contributed by atoms with Gasteiger partial charge in [0.1, 0.15) is 16.4 Å². The lowest BCUT2D eigenvalue weighted by atomic mass is 10.0. The molecule has 0 aliphatic rings. The number of nitrogen functional groups attached to an aromatic ring is 1. The highest BCUT2D eigenvalue weighted by Gasteiger charge is 2.18. The second kappa shape index (κ2) is 4.78. The Morgan fingerprint density at radius 3 is 2.78 bits per heavy atom. The first-order valence-electron chi connectivity index (χ1n) is 5.26. The van der Waals surface area contributed by atoms with E-state index in [9.17, 15) is 9.18 Å². The van der Waals surface area contributed by atoms with Crippen molar-refractivity contribution in [3.8, 4) is 5.75 Å². The number of thiophene rings is 1. The molecule has 0 unspecified atom stereocenters. The first kappa shape index (κ1) is 12.6. The van der Waals surface area contributed by atoms with Gasteiger partial charge in [-0.1, -0.05) is 0 Å². The summed E-state index contributed by atoms with van der Waals surface area (Å²) in [6, 6.07) is 4.39. The van der Waals surface area contributed by atoms with Gasteiger partial charge >= 0.3 is 0 Å². The van der Waals surface area contributed by atoms with Crippen LogP contribution in [0.4, 0.5) is 10.1 Å². The van der Waals surface area contributed by atoms with Crippen LogP contribution in [0.25, 0.3) is 0 Å². The number of carbonyl (C=O) groups excluding carboxylic acids is 1. The molecule has 0 saturated carbocycles. The Kier molecular flexibility index (Phi) is 3.34. The van der Waals surface area contributed by atoms with Gasteiger partial charge in [0.15, 0.2) is 0 Å². The largest absolute Gasteiger partial charge is 0.495 e. The second-order valence-corrected chi connectivity index (χ2v) is 4.74. The van der Waals surface area contributed by atoms with E-state index >= 15 is 0 Å². The van der Waals surface area contributed by atoms with Gasteiger partial charge < -0.3 is 10.5 Å². The zero-order valence-electron chi connectivity index (χ0n) is 9.99. The fourth-order valence-electron chi connectivity index (χ4n) is 1.59. The number of ketones is 1. The van der Waals surface area contributed by atoms with E-state index in [2.05, 4.69) is 0 Å². The lowest BCUT2D eigenvalue weighted by molar-refractivity contribution is 0.103. The van der Waals surface area contributed by atoms with E-state index in [4.69, 9.17) is 10.5 Å². The van der Waals surface area contributed by atoms with Crippen LogP contribution in [0.3, 0.4) is 0 Å². The number of hydrogen-bond acceptors (Lipinski definition) is 4. The van der Waals surface area contributed by atoms with Crippen molar-refractivity contribution in [1.82, 2.24) is 0 Å².